The van der Waals surface area contributed by atoms with Gasteiger partial charge < -0.3 is 19.2 Å². The second kappa shape index (κ2) is 17.7. The van der Waals surface area contributed by atoms with Crippen molar-refractivity contribution in [2.45, 2.75) is 70.4 Å². The van der Waals surface area contributed by atoms with Gasteiger partial charge in [0.2, 0.25) is 0 Å². The second-order valence-corrected chi connectivity index (χ2v) is 19.4. The molecule has 2 fully saturated rings. The molecule has 2 unspecified atom stereocenters. The second-order valence-electron chi connectivity index (χ2n) is 18.2. The van der Waals surface area contributed by atoms with E-state index in [1.807, 2.05) is 19.1 Å². The Balaban J connectivity index is 0.696. The van der Waals surface area contributed by atoms with E-state index in [1.54, 1.807) is 23.8 Å². The molecule has 1 N–H and O–H groups in total. The Morgan fingerprint density at radius 1 is 0.846 bits per heavy atom. The molecule has 0 spiro atoms. The summed E-state index contributed by atoms with van der Waals surface area (Å²) in [7, 11) is 0. The highest BCUT2D eigenvalue weighted by atomic mass is 32.1. The van der Waals surface area contributed by atoms with Gasteiger partial charge in [-0.1, -0.05) is 60.7 Å². The summed E-state index contributed by atoms with van der Waals surface area (Å²) >= 11 is 1.78. The van der Waals surface area contributed by atoms with E-state index < -0.39 is 0 Å². The third-order valence-corrected chi connectivity index (χ3v) is 15.6. The highest BCUT2D eigenvalue weighted by Gasteiger charge is 2.35. The number of anilines is 1. The normalized spacial score (nSPS) is 21.1. The maximum absolute atomic E-state index is 10.2. The molecule has 2 saturated heterocycles. The van der Waals surface area contributed by atoms with Crippen molar-refractivity contribution in [3.05, 3.63) is 171 Å². The zero-order chi connectivity index (χ0) is 44.0. The number of benzene rings is 4. The lowest BCUT2D eigenvalue weighted by molar-refractivity contribution is 0.174. The number of aryl methyl sites for hydroxylation is 3. The fourth-order valence-corrected chi connectivity index (χ4v) is 12.1. The van der Waals surface area contributed by atoms with E-state index >= 15 is 0 Å². The number of piperazine rings is 1. The van der Waals surface area contributed by atoms with Gasteiger partial charge in [0, 0.05) is 72.9 Å². The molecule has 6 heterocycles. The molecule has 3 aromatic heterocycles. The molecular weight excluding hydrogens is 829 g/mol. The van der Waals surface area contributed by atoms with Crippen LogP contribution in [0.4, 0.5) is 5.69 Å². The first-order valence-electron chi connectivity index (χ1n) is 23.2. The number of rotatable bonds is 11. The first-order chi connectivity index (χ1) is 31.8. The molecule has 0 radical (unpaired) electrons. The molecule has 4 atom stereocenters. The number of oxazole rings is 1. The number of likely N-dealkylation sites (tertiary alicyclic amines) is 1. The van der Waals surface area contributed by atoms with Crippen LogP contribution in [-0.2, 0) is 12.8 Å². The molecule has 0 bridgehead atoms. The van der Waals surface area contributed by atoms with Gasteiger partial charge in [0.05, 0.1) is 18.3 Å². The zero-order valence-electron chi connectivity index (χ0n) is 37.4. The van der Waals surface area contributed by atoms with Gasteiger partial charge in [0.25, 0.3) is 0 Å². The summed E-state index contributed by atoms with van der Waals surface area (Å²) in [6, 6.07) is 34.9. The van der Waals surface area contributed by atoms with Crippen LogP contribution in [0, 0.1) is 20.8 Å². The highest BCUT2D eigenvalue weighted by molar-refractivity contribution is 7.15. The molecule has 7 aromatic rings. The van der Waals surface area contributed by atoms with Crippen molar-refractivity contribution in [1.29, 1.82) is 0 Å². The van der Waals surface area contributed by atoms with Gasteiger partial charge in [0.1, 0.15) is 41.2 Å². The first kappa shape index (κ1) is 41.6. The molecule has 65 heavy (non-hydrogen) atoms. The zero-order valence-corrected chi connectivity index (χ0v) is 38.3. The predicted molar refractivity (Wildman–Crippen MR) is 256 cm³/mol. The number of aliphatic imine (C=N–C) groups is 1. The Hall–Kier alpha value is -6.08. The van der Waals surface area contributed by atoms with Gasteiger partial charge in [-0.05, 0) is 117 Å². The molecule has 0 saturated carbocycles. The molecule has 12 heteroatoms. The minimum Gasteiger partial charge on any atom is -0.508 e. The molecule has 0 amide bonds. The van der Waals surface area contributed by atoms with Crippen molar-refractivity contribution < 1.29 is 14.3 Å². The van der Waals surface area contributed by atoms with Crippen molar-refractivity contribution in [2.24, 2.45) is 4.99 Å². The Kier molecular flexibility index (Phi) is 11.3. The predicted octanol–water partition coefficient (Wildman–Crippen LogP) is 9.22. The van der Waals surface area contributed by atoms with Gasteiger partial charge in [-0.3, -0.25) is 19.4 Å². The average molecular weight is 885 g/mol. The number of nitrogens with zero attached hydrogens (tertiary/aromatic N) is 8. The summed E-state index contributed by atoms with van der Waals surface area (Å²) in [4.78, 5) is 18.9. The molecule has 332 valence electrons. The van der Waals surface area contributed by atoms with Crippen LogP contribution in [0.25, 0.3) is 5.00 Å². The van der Waals surface area contributed by atoms with E-state index in [9.17, 15) is 5.11 Å². The van der Waals surface area contributed by atoms with Crippen LogP contribution < -0.4 is 9.64 Å². The standard InChI is InChI=1S/C53H56N8O3S/c1-34-35(2)65-53-49(34)51(55-47(32-48-54-22-29-64-48)52-57-56-36(3)61(52)53)39-9-14-41(15-10-39)59-24-26-60(27-25-59)42-21-23-58(33-42)28-30-63-44-17-11-38(12-18-44)50-45(37-7-5-4-6-8-37)19-13-40-31-43(62)16-20-46(40)50/h4-12,14-18,20,22,29,31,42,45,47,50,62H,13,19,21,23-28,30,32-33H2,1-3H3/t42?,45-,47?,50+/m1/s1. The number of phenols is 1. The van der Waals surface area contributed by atoms with Crippen LogP contribution in [0.3, 0.4) is 0 Å². The van der Waals surface area contributed by atoms with Crippen LogP contribution in [0.1, 0.15) is 92.1 Å². The van der Waals surface area contributed by atoms with Gasteiger partial charge in [-0.2, -0.15) is 0 Å². The third-order valence-electron chi connectivity index (χ3n) is 14.4. The number of hydrogen-bond donors (Lipinski definition) is 1. The maximum Gasteiger partial charge on any atom is 0.196 e. The summed E-state index contributed by atoms with van der Waals surface area (Å²) in [6.45, 7) is 14.3. The van der Waals surface area contributed by atoms with E-state index in [2.05, 4.69) is 133 Å². The third kappa shape index (κ3) is 8.17. The molecule has 1 aliphatic carbocycles. The highest BCUT2D eigenvalue weighted by Crippen LogP contribution is 2.47. The maximum atomic E-state index is 10.2. The van der Waals surface area contributed by atoms with Crippen molar-refractivity contribution in [3.8, 4) is 16.5 Å². The van der Waals surface area contributed by atoms with Crippen LogP contribution in [-0.4, -0.2) is 98.8 Å². The van der Waals surface area contributed by atoms with Gasteiger partial charge in [0.15, 0.2) is 11.7 Å². The minimum atomic E-state index is -0.285. The smallest absolute Gasteiger partial charge is 0.196 e. The van der Waals surface area contributed by atoms with E-state index in [0.717, 1.165) is 97.9 Å². The molecule has 3 aliphatic heterocycles. The Labute approximate surface area is 385 Å². The average Bonchev–Trinajstić information content (AvgIpc) is 4.15. The number of aromatic nitrogens is 4. The van der Waals surface area contributed by atoms with Crippen molar-refractivity contribution in [1.82, 2.24) is 29.5 Å². The van der Waals surface area contributed by atoms with Crippen LogP contribution >= 0.6 is 11.3 Å². The van der Waals surface area contributed by atoms with Crippen LogP contribution in [0.2, 0.25) is 0 Å². The molecule has 4 aromatic carbocycles. The lowest BCUT2D eigenvalue weighted by Crippen LogP contribution is -2.51. The molecule has 4 aliphatic rings. The number of ether oxygens (including phenoxy) is 1. The Morgan fingerprint density at radius 3 is 2.45 bits per heavy atom. The topological polar surface area (TPSA) is 108 Å². The van der Waals surface area contributed by atoms with E-state index in [4.69, 9.17) is 14.1 Å². The summed E-state index contributed by atoms with van der Waals surface area (Å²) in [5.74, 6) is 4.19. The van der Waals surface area contributed by atoms with Crippen molar-refractivity contribution in [3.63, 3.8) is 0 Å². The fourth-order valence-electron chi connectivity index (χ4n) is 10.9. The lowest BCUT2D eigenvalue weighted by Gasteiger charge is -2.39. The summed E-state index contributed by atoms with van der Waals surface area (Å²) < 4.78 is 14.2. The minimum absolute atomic E-state index is 0.233. The summed E-state index contributed by atoms with van der Waals surface area (Å²) in [6.07, 6.45) is 7.03. The fraction of sp³-hybridized carbons (Fsp3) is 0.358. The largest absolute Gasteiger partial charge is 0.508 e. The van der Waals surface area contributed by atoms with Crippen molar-refractivity contribution in [2.75, 3.05) is 57.3 Å². The van der Waals surface area contributed by atoms with Gasteiger partial charge in [-0.15, -0.1) is 21.5 Å². The lowest BCUT2D eigenvalue weighted by atomic mass is 9.69. The van der Waals surface area contributed by atoms with E-state index in [-0.39, 0.29) is 12.0 Å². The molecule has 11 rings (SSSR count). The number of phenolic OH excluding ortho intramolecular Hbond substituents is 1. The molecular formula is C53H56N8O3S. The number of hydrogen-bond acceptors (Lipinski definition) is 11. The number of thiophene rings is 1. The van der Waals surface area contributed by atoms with Crippen LogP contribution in [0.15, 0.2) is 119 Å². The monoisotopic (exact) mass is 884 g/mol. The Bertz CT molecular complexity index is 2790. The number of aromatic hydroxyl groups is 1. The van der Waals surface area contributed by atoms with E-state index in [1.165, 1.54) is 44.8 Å². The quantitative estimate of drug-likeness (QED) is 0.136. The van der Waals surface area contributed by atoms with E-state index in [0.29, 0.717) is 36.6 Å². The SMILES string of the molecule is Cc1sc2c(c1C)C(c1ccc(N3CCN(C4CCN(CCOc5ccc([C@@H]6c7ccc(O)cc7CC[C@@H]6c6ccccc6)cc5)C4)CC3)cc1)=NC(Cc1ncco1)c1nnc(C)n1-2. The van der Waals surface area contributed by atoms with Gasteiger partial charge >= 0.3 is 0 Å². The summed E-state index contributed by atoms with van der Waals surface area (Å²) in [5.41, 5.74) is 11.0. The van der Waals surface area contributed by atoms with Gasteiger partial charge in [-0.25, -0.2) is 4.98 Å². The Morgan fingerprint density at radius 2 is 1.66 bits per heavy atom. The number of fused-ring (bicyclic) bond motifs is 4. The molecule has 11 nitrogen and oxygen atoms in total. The van der Waals surface area contributed by atoms with Crippen molar-refractivity contribution >= 4 is 22.7 Å². The summed E-state index contributed by atoms with van der Waals surface area (Å²) in [5, 5.41) is 20.5. The first-order valence-corrected chi connectivity index (χ1v) is 24.1. The van der Waals surface area contributed by atoms with Crippen LogP contribution in [0.5, 0.6) is 11.5 Å².